The maximum atomic E-state index is 5.75. The van der Waals surface area contributed by atoms with Crippen LogP contribution in [0.5, 0.6) is 5.75 Å². The maximum absolute atomic E-state index is 5.75. The number of hydrogen-bond acceptors (Lipinski definition) is 4. The Kier molecular flexibility index (Phi) is 7.50. The molecule has 0 spiro atoms. The Morgan fingerprint density at radius 3 is 2.32 bits per heavy atom. The van der Waals surface area contributed by atoms with Crippen LogP contribution in [0.25, 0.3) is 0 Å². The summed E-state index contributed by atoms with van der Waals surface area (Å²) in [5.74, 6) is 1.93. The van der Waals surface area contributed by atoms with Crippen LogP contribution in [0.15, 0.2) is 29.2 Å². The van der Waals surface area contributed by atoms with Gasteiger partial charge in [0.05, 0.1) is 6.61 Å². The van der Waals surface area contributed by atoms with Gasteiger partial charge in [0.2, 0.25) is 0 Å². The SMILES string of the molecule is CCCCOc1ccc(SN2CCC(N3CCC(C)CC3)CC2)cc1. The van der Waals surface area contributed by atoms with Gasteiger partial charge in [0, 0.05) is 24.0 Å². The fraction of sp³-hybridized carbons (Fsp3) is 0.714. The molecule has 1 aromatic carbocycles. The Morgan fingerprint density at radius 2 is 1.68 bits per heavy atom. The Balaban J connectivity index is 1.40. The highest BCUT2D eigenvalue weighted by Gasteiger charge is 2.27. The van der Waals surface area contributed by atoms with Crippen LogP contribution in [0.1, 0.15) is 52.4 Å². The Hall–Kier alpha value is -0.710. The molecule has 1 aromatic rings. The number of nitrogens with zero attached hydrogens (tertiary/aromatic N) is 2. The van der Waals surface area contributed by atoms with Gasteiger partial charge in [0.1, 0.15) is 5.75 Å². The van der Waals surface area contributed by atoms with Crippen molar-refractivity contribution in [3.8, 4) is 5.75 Å². The molecular weight excluding hydrogens is 328 g/mol. The van der Waals surface area contributed by atoms with Crippen molar-refractivity contribution < 1.29 is 4.74 Å². The first-order chi connectivity index (χ1) is 12.2. The zero-order chi connectivity index (χ0) is 17.5. The zero-order valence-corrected chi connectivity index (χ0v) is 16.8. The molecule has 0 radical (unpaired) electrons. The number of ether oxygens (including phenoxy) is 1. The van der Waals surface area contributed by atoms with Gasteiger partial charge in [-0.1, -0.05) is 20.3 Å². The molecule has 2 aliphatic heterocycles. The van der Waals surface area contributed by atoms with E-state index in [1.807, 2.05) is 11.9 Å². The first-order valence-corrected chi connectivity index (χ1v) is 10.9. The van der Waals surface area contributed by atoms with E-state index in [9.17, 15) is 0 Å². The summed E-state index contributed by atoms with van der Waals surface area (Å²) >= 11 is 1.91. The van der Waals surface area contributed by atoms with E-state index < -0.39 is 0 Å². The number of likely N-dealkylation sites (tertiary alicyclic amines) is 1. The second kappa shape index (κ2) is 9.84. The lowest BCUT2D eigenvalue weighted by atomic mass is 9.95. The van der Waals surface area contributed by atoms with E-state index in [0.717, 1.165) is 30.7 Å². The minimum Gasteiger partial charge on any atom is -0.494 e. The highest BCUT2D eigenvalue weighted by atomic mass is 32.2. The van der Waals surface area contributed by atoms with Crippen molar-refractivity contribution >= 4 is 11.9 Å². The van der Waals surface area contributed by atoms with Gasteiger partial charge in [-0.05, 0) is 87.3 Å². The largest absolute Gasteiger partial charge is 0.494 e. The van der Waals surface area contributed by atoms with E-state index in [1.165, 1.54) is 63.2 Å². The second-order valence-electron chi connectivity index (χ2n) is 7.64. The molecule has 0 aliphatic carbocycles. The molecular formula is C21H34N2OS. The predicted molar refractivity (Wildman–Crippen MR) is 107 cm³/mol. The lowest BCUT2D eigenvalue weighted by Gasteiger charge is -2.41. The van der Waals surface area contributed by atoms with Crippen LogP contribution in [-0.2, 0) is 0 Å². The van der Waals surface area contributed by atoms with Gasteiger partial charge in [0.15, 0.2) is 0 Å². The van der Waals surface area contributed by atoms with Gasteiger partial charge >= 0.3 is 0 Å². The van der Waals surface area contributed by atoms with Crippen molar-refractivity contribution in [3.05, 3.63) is 24.3 Å². The summed E-state index contributed by atoms with van der Waals surface area (Å²) in [5, 5.41) is 0. The topological polar surface area (TPSA) is 15.7 Å². The maximum Gasteiger partial charge on any atom is 0.119 e. The summed E-state index contributed by atoms with van der Waals surface area (Å²) in [6.45, 7) is 10.5. The molecule has 140 valence electrons. The van der Waals surface area contributed by atoms with Crippen molar-refractivity contribution in [2.45, 2.75) is 63.3 Å². The Bertz CT molecular complexity index is 491. The lowest BCUT2D eigenvalue weighted by Crippen LogP contribution is -2.46. The molecule has 2 fully saturated rings. The standard InChI is InChI=1S/C21H34N2OS/c1-3-4-17-24-20-5-7-21(8-6-20)25-23-15-11-19(12-16-23)22-13-9-18(2)10-14-22/h5-8,18-19H,3-4,9-17H2,1-2H3. The van der Waals surface area contributed by atoms with Crippen LogP contribution in [0, 0.1) is 5.92 Å². The highest BCUT2D eigenvalue weighted by molar-refractivity contribution is 7.97. The van der Waals surface area contributed by atoms with Crippen molar-refractivity contribution in [1.29, 1.82) is 0 Å². The number of rotatable bonds is 7. The Labute approximate surface area is 158 Å². The van der Waals surface area contributed by atoms with E-state index in [0.29, 0.717) is 0 Å². The minimum absolute atomic E-state index is 0.818. The molecule has 25 heavy (non-hydrogen) atoms. The molecule has 3 nitrogen and oxygen atoms in total. The highest BCUT2D eigenvalue weighted by Crippen LogP contribution is 2.30. The van der Waals surface area contributed by atoms with E-state index in [1.54, 1.807) is 0 Å². The molecule has 3 rings (SSSR count). The first-order valence-electron chi connectivity index (χ1n) is 10.1. The predicted octanol–water partition coefficient (Wildman–Crippen LogP) is 5.07. The third kappa shape index (κ3) is 5.90. The smallest absolute Gasteiger partial charge is 0.119 e. The average molecular weight is 363 g/mol. The van der Waals surface area contributed by atoms with E-state index in [4.69, 9.17) is 4.74 Å². The average Bonchev–Trinajstić information content (AvgIpc) is 2.65. The molecule has 0 amide bonds. The normalized spacial score (nSPS) is 21.5. The molecule has 0 unspecified atom stereocenters. The third-order valence-electron chi connectivity index (χ3n) is 5.58. The Morgan fingerprint density at radius 1 is 1.00 bits per heavy atom. The lowest BCUT2D eigenvalue weighted by molar-refractivity contribution is 0.103. The van der Waals surface area contributed by atoms with Gasteiger partial charge in [0.25, 0.3) is 0 Å². The van der Waals surface area contributed by atoms with Crippen molar-refractivity contribution in [2.24, 2.45) is 5.92 Å². The molecule has 0 aromatic heterocycles. The summed E-state index contributed by atoms with van der Waals surface area (Å²) in [5.41, 5.74) is 0. The van der Waals surface area contributed by atoms with Gasteiger partial charge < -0.3 is 9.64 Å². The molecule has 0 atom stereocenters. The van der Waals surface area contributed by atoms with Crippen LogP contribution >= 0.6 is 11.9 Å². The van der Waals surface area contributed by atoms with Crippen molar-refractivity contribution in [2.75, 3.05) is 32.8 Å². The summed E-state index contributed by atoms with van der Waals surface area (Å²) in [6.07, 6.45) is 7.73. The molecule has 2 saturated heterocycles. The minimum atomic E-state index is 0.818. The quantitative estimate of drug-likeness (QED) is 0.497. The van der Waals surface area contributed by atoms with Gasteiger partial charge in [-0.15, -0.1) is 0 Å². The van der Waals surface area contributed by atoms with E-state index in [-0.39, 0.29) is 0 Å². The van der Waals surface area contributed by atoms with Crippen LogP contribution in [0.3, 0.4) is 0 Å². The van der Waals surface area contributed by atoms with E-state index >= 15 is 0 Å². The van der Waals surface area contributed by atoms with E-state index in [2.05, 4.69) is 47.3 Å². The number of benzene rings is 1. The van der Waals surface area contributed by atoms with Gasteiger partial charge in [-0.25, -0.2) is 4.31 Å². The third-order valence-corrected chi connectivity index (χ3v) is 6.69. The number of unbranched alkanes of at least 4 members (excludes halogenated alkanes) is 1. The van der Waals surface area contributed by atoms with Gasteiger partial charge in [-0.2, -0.15) is 0 Å². The second-order valence-corrected chi connectivity index (χ2v) is 8.81. The number of piperidine rings is 2. The molecule has 0 saturated carbocycles. The first kappa shape index (κ1) is 19.1. The van der Waals surface area contributed by atoms with Crippen LogP contribution < -0.4 is 4.74 Å². The summed E-state index contributed by atoms with van der Waals surface area (Å²) in [4.78, 5) is 4.08. The zero-order valence-electron chi connectivity index (χ0n) is 16.0. The molecule has 0 N–H and O–H groups in total. The molecule has 0 bridgehead atoms. The monoisotopic (exact) mass is 362 g/mol. The molecule has 2 aliphatic rings. The van der Waals surface area contributed by atoms with Crippen LogP contribution in [0.4, 0.5) is 0 Å². The summed E-state index contributed by atoms with van der Waals surface area (Å²) in [7, 11) is 0. The number of hydrogen-bond donors (Lipinski definition) is 0. The summed E-state index contributed by atoms with van der Waals surface area (Å²) in [6, 6.07) is 9.44. The van der Waals surface area contributed by atoms with Crippen LogP contribution in [-0.4, -0.2) is 48.0 Å². The summed E-state index contributed by atoms with van der Waals surface area (Å²) < 4.78 is 8.29. The van der Waals surface area contributed by atoms with Gasteiger partial charge in [-0.3, -0.25) is 0 Å². The van der Waals surface area contributed by atoms with Crippen LogP contribution in [0.2, 0.25) is 0 Å². The van der Waals surface area contributed by atoms with Crippen molar-refractivity contribution in [1.82, 2.24) is 9.21 Å². The fourth-order valence-electron chi connectivity index (χ4n) is 3.77. The van der Waals surface area contributed by atoms with Crippen molar-refractivity contribution in [3.63, 3.8) is 0 Å². The fourth-order valence-corrected chi connectivity index (χ4v) is 4.72. The molecule has 2 heterocycles. The molecule has 4 heteroatoms.